The van der Waals surface area contributed by atoms with Crippen molar-refractivity contribution in [2.75, 3.05) is 19.6 Å². The molecule has 2 amide bonds. The number of aromatic hydroxyl groups is 1. The quantitative estimate of drug-likeness (QED) is 0.739. The molecule has 4 aliphatic rings. The lowest BCUT2D eigenvalue weighted by molar-refractivity contribution is -0.0860. The van der Waals surface area contributed by atoms with Crippen molar-refractivity contribution in [2.24, 2.45) is 0 Å². The maximum Gasteiger partial charge on any atom is 0.294 e. The number of amides is 2. The first-order valence-corrected chi connectivity index (χ1v) is 10.4. The van der Waals surface area contributed by atoms with E-state index >= 15 is 0 Å². The largest absolute Gasteiger partial charge is 0.502 e. The minimum Gasteiger partial charge on any atom is -0.502 e. The predicted molar refractivity (Wildman–Crippen MR) is 101 cm³/mol. The van der Waals surface area contributed by atoms with E-state index in [1.807, 2.05) is 4.90 Å². The molecule has 4 aliphatic heterocycles. The SMILES string of the molecule is O=C1NCCc2c1c(O)c(=O)n1c2C(=O)N(C2CC3CCCCN32)CCCC1. The maximum absolute atomic E-state index is 13.7. The Morgan fingerprint density at radius 1 is 1.00 bits per heavy atom. The Kier molecular flexibility index (Phi) is 4.19. The third kappa shape index (κ3) is 2.50. The highest BCUT2D eigenvalue weighted by atomic mass is 16.3. The number of carbonyl (C=O) groups is 2. The number of rotatable bonds is 1. The monoisotopic (exact) mass is 386 g/mol. The van der Waals surface area contributed by atoms with E-state index in [-0.39, 0.29) is 17.6 Å². The minimum atomic E-state index is -0.634. The Hall–Kier alpha value is -2.35. The van der Waals surface area contributed by atoms with Gasteiger partial charge in [0.05, 0.1) is 11.7 Å². The smallest absolute Gasteiger partial charge is 0.294 e. The third-order valence-corrected chi connectivity index (χ3v) is 6.82. The third-order valence-electron chi connectivity index (χ3n) is 6.82. The highest BCUT2D eigenvalue weighted by molar-refractivity contribution is 6.04. The van der Waals surface area contributed by atoms with Gasteiger partial charge in [-0.15, -0.1) is 0 Å². The summed E-state index contributed by atoms with van der Waals surface area (Å²) in [6, 6.07) is 0.568. The van der Waals surface area contributed by atoms with Crippen LogP contribution in [-0.2, 0) is 13.0 Å². The van der Waals surface area contributed by atoms with E-state index in [4.69, 9.17) is 0 Å². The summed E-state index contributed by atoms with van der Waals surface area (Å²) in [5.41, 5.74) is 0.186. The van der Waals surface area contributed by atoms with Crippen LogP contribution in [0.25, 0.3) is 0 Å². The van der Waals surface area contributed by atoms with Crippen LogP contribution in [0.5, 0.6) is 5.75 Å². The van der Waals surface area contributed by atoms with Gasteiger partial charge in [-0.25, -0.2) is 0 Å². The van der Waals surface area contributed by atoms with Gasteiger partial charge in [0.25, 0.3) is 17.4 Å². The normalized spacial score (nSPS) is 27.6. The van der Waals surface area contributed by atoms with Crippen LogP contribution in [0.4, 0.5) is 0 Å². The average Bonchev–Trinajstić information content (AvgIpc) is 2.66. The molecule has 2 unspecified atom stereocenters. The van der Waals surface area contributed by atoms with Gasteiger partial charge in [0.1, 0.15) is 5.69 Å². The summed E-state index contributed by atoms with van der Waals surface area (Å²) in [7, 11) is 0. The second-order valence-electron chi connectivity index (χ2n) is 8.32. The van der Waals surface area contributed by atoms with Gasteiger partial charge in [0.2, 0.25) is 0 Å². The molecule has 2 N–H and O–H groups in total. The van der Waals surface area contributed by atoms with Crippen molar-refractivity contribution in [1.29, 1.82) is 0 Å². The number of carbonyl (C=O) groups excluding carboxylic acids is 2. The Morgan fingerprint density at radius 2 is 1.79 bits per heavy atom. The van der Waals surface area contributed by atoms with Gasteiger partial charge in [-0.1, -0.05) is 6.42 Å². The molecule has 2 saturated heterocycles. The van der Waals surface area contributed by atoms with Gasteiger partial charge in [-0.3, -0.25) is 19.3 Å². The van der Waals surface area contributed by atoms with Gasteiger partial charge >= 0.3 is 0 Å². The zero-order chi connectivity index (χ0) is 19.4. The van der Waals surface area contributed by atoms with E-state index in [0.29, 0.717) is 43.4 Å². The van der Waals surface area contributed by atoms with Crippen LogP contribution < -0.4 is 10.9 Å². The first-order chi connectivity index (χ1) is 13.6. The van der Waals surface area contributed by atoms with E-state index in [1.54, 1.807) is 0 Å². The van der Waals surface area contributed by atoms with Crippen LogP contribution >= 0.6 is 0 Å². The number of hydrogen-bond acceptors (Lipinski definition) is 5. The number of pyridine rings is 1. The lowest BCUT2D eigenvalue weighted by atomic mass is 9.87. The summed E-state index contributed by atoms with van der Waals surface area (Å²) in [5.74, 6) is -1.17. The molecular weight excluding hydrogens is 360 g/mol. The molecule has 1 aromatic rings. The fourth-order valence-corrected chi connectivity index (χ4v) is 5.39. The van der Waals surface area contributed by atoms with Crippen molar-refractivity contribution in [3.05, 3.63) is 27.2 Å². The lowest BCUT2D eigenvalue weighted by Crippen LogP contribution is -2.66. The van der Waals surface area contributed by atoms with E-state index < -0.39 is 17.2 Å². The van der Waals surface area contributed by atoms with Crippen molar-refractivity contribution < 1.29 is 14.7 Å². The van der Waals surface area contributed by atoms with Crippen LogP contribution in [-0.4, -0.2) is 63.1 Å². The van der Waals surface area contributed by atoms with Crippen molar-refractivity contribution >= 4 is 11.8 Å². The molecule has 0 aliphatic carbocycles. The number of fused-ring (bicyclic) bond motifs is 4. The standard InChI is InChI=1S/C20H26N4O4/c25-17-15-13(6-7-21-18(15)26)16-19(27)23(9-3-4-10-24(16)20(17)28)14-11-12-5-1-2-8-22(12)14/h12,14,25H,1-11H2,(H,21,26). The second kappa shape index (κ2) is 6.62. The van der Waals surface area contributed by atoms with Gasteiger partial charge in [0, 0.05) is 37.8 Å². The molecule has 8 heteroatoms. The summed E-state index contributed by atoms with van der Waals surface area (Å²) in [6.45, 7) is 2.49. The van der Waals surface area contributed by atoms with Crippen molar-refractivity contribution in [3.8, 4) is 5.75 Å². The summed E-state index contributed by atoms with van der Waals surface area (Å²) in [5, 5.41) is 13.0. The molecule has 8 nitrogen and oxygen atoms in total. The molecule has 0 aromatic carbocycles. The van der Waals surface area contributed by atoms with Crippen LogP contribution in [0.2, 0.25) is 0 Å². The Morgan fingerprint density at radius 3 is 2.61 bits per heavy atom. The molecule has 2 atom stereocenters. The van der Waals surface area contributed by atoms with Crippen LogP contribution in [0.1, 0.15) is 64.9 Å². The van der Waals surface area contributed by atoms with E-state index in [1.165, 1.54) is 17.4 Å². The summed E-state index contributed by atoms with van der Waals surface area (Å²) >= 11 is 0. The van der Waals surface area contributed by atoms with E-state index in [0.717, 1.165) is 32.2 Å². The van der Waals surface area contributed by atoms with Gasteiger partial charge in [0.15, 0.2) is 5.75 Å². The topological polar surface area (TPSA) is 94.9 Å². The zero-order valence-electron chi connectivity index (χ0n) is 15.9. The second-order valence-corrected chi connectivity index (χ2v) is 8.32. The molecule has 28 heavy (non-hydrogen) atoms. The average molecular weight is 386 g/mol. The fourth-order valence-electron chi connectivity index (χ4n) is 5.39. The molecule has 0 radical (unpaired) electrons. The molecule has 150 valence electrons. The molecule has 5 heterocycles. The first kappa shape index (κ1) is 17.7. The van der Waals surface area contributed by atoms with Crippen LogP contribution in [0.15, 0.2) is 4.79 Å². The summed E-state index contributed by atoms with van der Waals surface area (Å²) in [4.78, 5) is 43.1. The lowest BCUT2D eigenvalue weighted by Gasteiger charge is -2.55. The molecule has 0 bridgehead atoms. The summed E-state index contributed by atoms with van der Waals surface area (Å²) in [6.07, 6.45) is 6.70. The fraction of sp³-hybridized carbons (Fsp3) is 0.650. The molecule has 0 spiro atoms. The Balaban J connectivity index is 1.60. The van der Waals surface area contributed by atoms with Crippen LogP contribution in [0, 0.1) is 0 Å². The van der Waals surface area contributed by atoms with E-state index in [2.05, 4.69) is 10.2 Å². The van der Waals surface area contributed by atoms with Crippen molar-refractivity contribution in [2.45, 2.75) is 63.7 Å². The van der Waals surface area contributed by atoms with Gasteiger partial charge in [-0.2, -0.15) is 0 Å². The van der Waals surface area contributed by atoms with Crippen molar-refractivity contribution in [3.63, 3.8) is 0 Å². The Labute approximate surface area is 163 Å². The molecular formula is C20H26N4O4. The predicted octanol–water partition coefficient (Wildman–Crippen LogP) is 0.660. The number of nitrogens with one attached hydrogen (secondary N) is 1. The minimum absolute atomic E-state index is 0.0131. The number of nitrogens with zero attached hydrogens (tertiary/aromatic N) is 3. The maximum atomic E-state index is 13.7. The van der Waals surface area contributed by atoms with Crippen molar-refractivity contribution in [1.82, 2.24) is 19.7 Å². The first-order valence-electron chi connectivity index (χ1n) is 10.4. The molecule has 1 aromatic heterocycles. The zero-order valence-corrected chi connectivity index (χ0v) is 15.9. The van der Waals surface area contributed by atoms with E-state index in [9.17, 15) is 19.5 Å². The van der Waals surface area contributed by atoms with Crippen LogP contribution in [0.3, 0.4) is 0 Å². The summed E-state index contributed by atoms with van der Waals surface area (Å²) < 4.78 is 1.41. The highest BCUT2D eigenvalue weighted by Crippen LogP contribution is 2.37. The number of aromatic nitrogens is 1. The van der Waals surface area contributed by atoms with Gasteiger partial charge in [-0.05, 0) is 38.5 Å². The highest BCUT2D eigenvalue weighted by Gasteiger charge is 2.45. The Bertz CT molecular complexity index is 908. The molecule has 0 saturated carbocycles. The molecule has 2 fully saturated rings. The molecule has 5 rings (SSSR count). The number of hydrogen-bond donors (Lipinski definition) is 2. The van der Waals surface area contributed by atoms with Gasteiger partial charge < -0.3 is 19.9 Å². The number of piperidine rings is 1.